The number of thiophene rings is 1. The van der Waals surface area contributed by atoms with Crippen LogP contribution in [0.3, 0.4) is 0 Å². The smallest absolute Gasteiger partial charge is 0.140 e. The fraction of sp³-hybridized carbons (Fsp3) is 0.273. The molecule has 2 aromatic rings. The Labute approximate surface area is 115 Å². The van der Waals surface area contributed by atoms with Crippen molar-refractivity contribution in [1.82, 2.24) is 5.32 Å². The third kappa shape index (κ3) is 2.42. The third-order valence-corrected chi connectivity index (χ3v) is 4.81. The largest absolute Gasteiger partial charge is 0.466 e. The van der Waals surface area contributed by atoms with Crippen molar-refractivity contribution in [2.45, 2.75) is 13.0 Å². The molecule has 16 heavy (non-hydrogen) atoms. The Morgan fingerprint density at radius 3 is 2.69 bits per heavy atom. The molecule has 2 aromatic heterocycles. The van der Waals surface area contributed by atoms with Gasteiger partial charge in [-0.05, 0) is 55.9 Å². The molecular weight excluding hydrogens is 354 g/mol. The number of hydrogen-bond acceptors (Lipinski definition) is 3. The molecule has 2 rings (SSSR count). The highest BCUT2D eigenvalue weighted by atomic mass is 79.9. The average Bonchev–Trinajstić information content (AvgIpc) is 2.84. The van der Waals surface area contributed by atoms with Crippen molar-refractivity contribution in [2.75, 3.05) is 6.54 Å². The van der Waals surface area contributed by atoms with Gasteiger partial charge in [0.1, 0.15) is 11.8 Å². The summed E-state index contributed by atoms with van der Waals surface area (Å²) in [5, 5.41) is 5.50. The maximum atomic E-state index is 5.53. The van der Waals surface area contributed by atoms with Gasteiger partial charge in [-0.15, -0.1) is 11.3 Å². The zero-order chi connectivity index (χ0) is 11.5. The first-order valence-electron chi connectivity index (χ1n) is 4.93. The summed E-state index contributed by atoms with van der Waals surface area (Å²) in [6, 6.07) is 4.08. The number of furan rings is 1. The lowest BCUT2D eigenvalue weighted by atomic mass is 10.2. The Morgan fingerprint density at radius 1 is 1.38 bits per heavy atom. The lowest BCUT2D eigenvalue weighted by Gasteiger charge is -2.15. The molecule has 0 aliphatic rings. The zero-order valence-corrected chi connectivity index (χ0v) is 12.7. The molecule has 1 atom stereocenters. The van der Waals surface area contributed by atoms with E-state index >= 15 is 0 Å². The van der Waals surface area contributed by atoms with Crippen LogP contribution in [0.1, 0.15) is 23.6 Å². The minimum Gasteiger partial charge on any atom is -0.466 e. The fourth-order valence-electron chi connectivity index (χ4n) is 1.53. The van der Waals surface area contributed by atoms with Gasteiger partial charge in [0.05, 0.1) is 10.7 Å². The summed E-state index contributed by atoms with van der Waals surface area (Å²) in [6.07, 6.45) is 1.70. The highest BCUT2D eigenvalue weighted by Crippen LogP contribution is 2.36. The van der Waals surface area contributed by atoms with Gasteiger partial charge in [0.25, 0.3) is 0 Å². The van der Waals surface area contributed by atoms with Crippen molar-refractivity contribution in [3.05, 3.63) is 43.4 Å². The maximum absolute atomic E-state index is 5.53. The number of nitrogens with one attached hydrogen (secondary N) is 1. The van der Waals surface area contributed by atoms with Gasteiger partial charge >= 0.3 is 0 Å². The van der Waals surface area contributed by atoms with Crippen LogP contribution in [-0.2, 0) is 0 Å². The van der Waals surface area contributed by atoms with E-state index in [-0.39, 0.29) is 6.04 Å². The molecular formula is C11H11Br2NOS. The number of rotatable bonds is 4. The normalized spacial score (nSPS) is 12.9. The van der Waals surface area contributed by atoms with Crippen LogP contribution in [0.2, 0.25) is 0 Å². The van der Waals surface area contributed by atoms with Crippen LogP contribution in [0.4, 0.5) is 0 Å². The Morgan fingerprint density at radius 2 is 2.19 bits per heavy atom. The predicted octanol–water partition coefficient (Wildman–Crippen LogP) is 4.57. The van der Waals surface area contributed by atoms with Gasteiger partial charge in [-0.25, -0.2) is 0 Å². The summed E-state index contributed by atoms with van der Waals surface area (Å²) in [4.78, 5) is 1.23. The molecule has 0 radical (unpaired) electrons. The Bertz CT molecular complexity index is 426. The molecule has 0 saturated carbocycles. The van der Waals surface area contributed by atoms with Crippen molar-refractivity contribution in [3.8, 4) is 0 Å². The molecule has 0 aliphatic heterocycles. The second-order valence-electron chi connectivity index (χ2n) is 3.26. The highest BCUT2D eigenvalue weighted by molar-refractivity contribution is 9.10. The summed E-state index contributed by atoms with van der Waals surface area (Å²) < 4.78 is 7.65. The first-order chi connectivity index (χ1) is 7.74. The lowest BCUT2D eigenvalue weighted by Crippen LogP contribution is -2.21. The first kappa shape index (κ1) is 12.4. The van der Waals surface area contributed by atoms with E-state index in [0.29, 0.717) is 0 Å². The van der Waals surface area contributed by atoms with Crippen molar-refractivity contribution >= 4 is 43.2 Å². The molecule has 2 heterocycles. The summed E-state index contributed by atoms with van der Waals surface area (Å²) in [7, 11) is 0. The van der Waals surface area contributed by atoms with Gasteiger partial charge in [0, 0.05) is 9.35 Å². The van der Waals surface area contributed by atoms with Crippen molar-refractivity contribution in [3.63, 3.8) is 0 Å². The molecule has 0 bridgehead atoms. The van der Waals surface area contributed by atoms with Crippen LogP contribution in [0.25, 0.3) is 0 Å². The lowest BCUT2D eigenvalue weighted by molar-refractivity contribution is 0.452. The second-order valence-corrected chi connectivity index (χ2v) is 5.91. The topological polar surface area (TPSA) is 25.2 Å². The molecule has 0 amide bonds. The van der Waals surface area contributed by atoms with Crippen LogP contribution in [0.5, 0.6) is 0 Å². The molecule has 1 unspecified atom stereocenters. The van der Waals surface area contributed by atoms with Gasteiger partial charge in [0.2, 0.25) is 0 Å². The summed E-state index contributed by atoms with van der Waals surface area (Å²) >= 11 is 8.78. The minimum atomic E-state index is 0.101. The SMILES string of the molecule is CCNC(c1occc1Br)c1sccc1Br. The zero-order valence-electron chi connectivity index (χ0n) is 8.67. The Hall–Kier alpha value is -0.100. The summed E-state index contributed by atoms with van der Waals surface area (Å²) in [5.74, 6) is 0.921. The minimum absolute atomic E-state index is 0.101. The van der Waals surface area contributed by atoms with Crippen molar-refractivity contribution < 1.29 is 4.42 Å². The quantitative estimate of drug-likeness (QED) is 0.859. The van der Waals surface area contributed by atoms with E-state index in [1.54, 1.807) is 17.6 Å². The molecule has 0 aromatic carbocycles. The first-order valence-corrected chi connectivity index (χ1v) is 7.39. The van der Waals surface area contributed by atoms with Gasteiger partial charge in [-0.3, -0.25) is 0 Å². The molecule has 0 saturated heterocycles. The molecule has 0 aliphatic carbocycles. The monoisotopic (exact) mass is 363 g/mol. The fourth-order valence-corrected chi connectivity index (χ4v) is 3.64. The standard InChI is InChI=1S/C11H11Br2NOS/c1-2-14-9(10-7(12)3-5-15-10)11-8(13)4-6-16-11/h3-6,9,14H,2H2,1H3. The highest BCUT2D eigenvalue weighted by Gasteiger charge is 2.22. The van der Waals surface area contributed by atoms with Gasteiger partial charge < -0.3 is 9.73 Å². The van der Waals surface area contributed by atoms with Crippen molar-refractivity contribution in [1.29, 1.82) is 0 Å². The molecule has 0 fully saturated rings. The van der Waals surface area contributed by atoms with E-state index in [0.717, 1.165) is 21.3 Å². The molecule has 2 nitrogen and oxygen atoms in total. The van der Waals surface area contributed by atoms with E-state index in [2.05, 4.69) is 55.5 Å². The van der Waals surface area contributed by atoms with E-state index in [9.17, 15) is 0 Å². The molecule has 1 N–H and O–H groups in total. The average molecular weight is 365 g/mol. The van der Waals surface area contributed by atoms with Crippen LogP contribution < -0.4 is 5.32 Å². The summed E-state index contributed by atoms with van der Waals surface area (Å²) in [6.45, 7) is 2.98. The van der Waals surface area contributed by atoms with E-state index in [4.69, 9.17) is 4.42 Å². The molecule has 5 heteroatoms. The van der Waals surface area contributed by atoms with Crippen LogP contribution in [0, 0.1) is 0 Å². The third-order valence-electron chi connectivity index (χ3n) is 2.22. The van der Waals surface area contributed by atoms with Gasteiger partial charge in [-0.1, -0.05) is 6.92 Å². The van der Waals surface area contributed by atoms with Gasteiger partial charge in [-0.2, -0.15) is 0 Å². The number of hydrogen-bond donors (Lipinski definition) is 1. The second kappa shape index (κ2) is 5.49. The number of halogens is 2. The summed E-state index contributed by atoms with van der Waals surface area (Å²) in [5.41, 5.74) is 0. The van der Waals surface area contributed by atoms with Crippen molar-refractivity contribution in [2.24, 2.45) is 0 Å². The maximum Gasteiger partial charge on any atom is 0.140 e. The van der Waals surface area contributed by atoms with E-state index < -0.39 is 0 Å². The van der Waals surface area contributed by atoms with Crippen LogP contribution >= 0.6 is 43.2 Å². The molecule has 0 spiro atoms. The Balaban J connectivity index is 2.39. The van der Waals surface area contributed by atoms with Crippen LogP contribution in [0.15, 0.2) is 37.1 Å². The van der Waals surface area contributed by atoms with Crippen LogP contribution in [-0.4, -0.2) is 6.54 Å². The Kier molecular flexibility index (Phi) is 4.24. The van der Waals surface area contributed by atoms with E-state index in [1.165, 1.54) is 4.88 Å². The molecule has 86 valence electrons. The van der Waals surface area contributed by atoms with E-state index in [1.807, 2.05) is 6.07 Å². The van der Waals surface area contributed by atoms with Gasteiger partial charge in [0.15, 0.2) is 0 Å². The predicted molar refractivity (Wildman–Crippen MR) is 73.9 cm³/mol.